The van der Waals surface area contributed by atoms with E-state index < -0.39 is 0 Å². The molecule has 0 aliphatic rings. The van der Waals surface area contributed by atoms with Gasteiger partial charge in [0.05, 0.1) is 21.8 Å². The lowest BCUT2D eigenvalue weighted by Gasteiger charge is -2.15. The number of rotatable bonds is 3. The van der Waals surface area contributed by atoms with Crippen molar-refractivity contribution in [1.29, 1.82) is 0 Å². The zero-order valence-electron chi connectivity index (χ0n) is 10.9. The van der Waals surface area contributed by atoms with E-state index in [1.165, 1.54) is 12.1 Å². The Balaban J connectivity index is 2.17. The average molecular weight is 309 g/mol. The number of anilines is 1. The van der Waals surface area contributed by atoms with Gasteiger partial charge in [0.1, 0.15) is 0 Å². The fourth-order valence-corrected chi connectivity index (χ4v) is 2.18. The second kappa shape index (κ2) is 6.16. The van der Waals surface area contributed by atoms with Gasteiger partial charge in [-0.3, -0.25) is 4.79 Å². The molecule has 1 atom stereocenters. The van der Waals surface area contributed by atoms with Crippen LogP contribution in [0, 0.1) is 0 Å². The Kier molecular flexibility index (Phi) is 4.53. The number of hydrogen-bond donors (Lipinski definition) is 2. The van der Waals surface area contributed by atoms with E-state index in [-0.39, 0.29) is 27.7 Å². The van der Waals surface area contributed by atoms with Crippen LogP contribution in [0.4, 0.5) is 5.69 Å². The summed E-state index contributed by atoms with van der Waals surface area (Å²) < 4.78 is 0. The van der Waals surface area contributed by atoms with E-state index in [2.05, 4.69) is 5.32 Å². The quantitative estimate of drug-likeness (QED) is 0.840. The van der Waals surface area contributed by atoms with Crippen molar-refractivity contribution in [2.45, 2.75) is 13.0 Å². The number of hydrogen-bond acceptors (Lipinski definition) is 2. The van der Waals surface area contributed by atoms with Crippen LogP contribution in [0.5, 0.6) is 0 Å². The number of nitrogens with one attached hydrogen (secondary N) is 1. The largest absolute Gasteiger partial charge is 0.397 e. The van der Waals surface area contributed by atoms with E-state index in [1.807, 2.05) is 37.3 Å². The number of amides is 1. The highest BCUT2D eigenvalue weighted by molar-refractivity contribution is 6.43. The van der Waals surface area contributed by atoms with Crippen LogP contribution in [-0.4, -0.2) is 5.91 Å². The van der Waals surface area contributed by atoms with Crippen LogP contribution in [0.1, 0.15) is 28.9 Å². The molecule has 3 nitrogen and oxygen atoms in total. The van der Waals surface area contributed by atoms with Gasteiger partial charge >= 0.3 is 0 Å². The lowest BCUT2D eigenvalue weighted by molar-refractivity contribution is 0.0940. The molecule has 0 fully saturated rings. The molecule has 0 unspecified atom stereocenters. The Bertz CT molecular complexity index is 606. The van der Waals surface area contributed by atoms with Gasteiger partial charge in [-0.05, 0) is 24.6 Å². The molecule has 2 aromatic carbocycles. The van der Waals surface area contributed by atoms with Crippen molar-refractivity contribution >= 4 is 34.8 Å². The van der Waals surface area contributed by atoms with Gasteiger partial charge in [0, 0.05) is 5.56 Å². The second-order valence-corrected chi connectivity index (χ2v) is 5.25. The van der Waals surface area contributed by atoms with Gasteiger partial charge in [0.15, 0.2) is 0 Å². The monoisotopic (exact) mass is 308 g/mol. The predicted molar refractivity (Wildman–Crippen MR) is 83.2 cm³/mol. The summed E-state index contributed by atoms with van der Waals surface area (Å²) in [5.41, 5.74) is 7.40. The van der Waals surface area contributed by atoms with E-state index >= 15 is 0 Å². The fraction of sp³-hybridized carbons (Fsp3) is 0.133. The molecular formula is C15H14Cl2N2O. The van der Waals surface area contributed by atoms with E-state index in [9.17, 15) is 4.79 Å². The smallest absolute Gasteiger partial charge is 0.251 e. The number of nitrogen functional groups attached to an aromatic ring is 1. The molecule has 3 N–H and O–H groups in total. The van der Waals surface area contributed by atoms with Crippen LogP contribution in [0.3, 0.4) is 0 Å². The normalized spacial score (nSPS) is 11.9. The molecule has 0 aliphatic carbocycles. The highest BCUT2D eigenvalue weighted by atomic mass is 35.5. The Morgan fingerprint density at radius 3 is 2.45 bits per heavy atom. The highest BCUT2D eigenvalue weighted by Gasteiger charge is 2.14. The summed E-state index contributed by atoms with van der Waals surface area (Å²) in [7, 11) is 0. The third-order valence-corrected chi connectivity index (χ3v) is 3.78. The molecule has 0 spiro atoms. The molecule has 0 heterocycles. The minimum absolute atomic E-state index is 0.112. The molecule has 0 aromatic heterocycles. The van der Waals surface area contributed by atoms with Gasteiger partial charge in [-0.25, -0.2) is 0 Å². The first-order valence-corrected chi connectivity index (χ1v) is 6.85. The van der Waals surface area contributed by atoms with Crippen molar-refractivity contribution in [3.05, 3.63) is 63.6 Å². The zero-order chi connectivity index (χ0) is 14.7. The van der Waals surface area contributed by atoms with E-state index in [4.69, 9.17) is 28.9 Å². The molecule has 0 saturated carbocycles. The summed E-state index contributed by atoms with van der Waals surface area (Å²) in [6.45, 7) is 1.91. The molecule has 0 bridgehead atoms. The van der Waals surface area contributed by atoms with Gasteiger partial charge in [-0.2, -0.15) is 0 Å². The minimum Gasteiger partial charge on any atom is -0.397 e. The van der Waals surface area contributed by atoms with Crippen LogP contribution in [0.15, 0.2) is 42.5 Å². The predicted octanol–water partition coefficient (Wildman–Crippen LogP) is 4.07. The van der Waals surface area contributed by atoms with Crippen LogP contribution < -0.4 is 11.1 Å². The third kappa shape index (κ3) is 3.24. The topological polar surface area (TPSA) is 55.1 Å². The summed E-state index contributed by atoms with van der Waals surface area (Å²) in [6.07, 6.45) is 0. The molecule has 104 valence electrons. The van der Waals surface area contributed by atoms with Crippen molar-refractivity contribution in [3.63, 3.8) is 0 Å². The summed E-state index contributed by atoms with van der Waals surface area (Å²) in [5, 5.41) is 3.42. The van der Waals surface area contributed by atoms with Gasteiger partial charge in [-0.15, -0.1) is 0 Å². The number of benzene rings is 2. The molecular weight excluding hydrogens is 295 g/mol. The summed E-state index contributed by atoms with van der Waals surface area (Å²) in [4.78, 5) is 12.2. The SMILES string of the molecule is C[C@H](NC(=O)c1cc(N)c(Cl)c(Cl)c1)c1ccccc1. The van der Waals surface area contributed by atoms with Gasteiger partial charge in [-0.1, -0.05) is 53.5 Å². The van der Waals surface area contributed by atoms with Crippen LogP contribution in [0.2, 0.25) is 10.0 Å². The van der Waals surface area contributed by atoms with E-state index in [1.54, 1.807) is 0 Å². The molecule has 5 heteroatoms. The lowest BCUT2D eigenvalue weighted by Crippen LogP contribution is -2.26. The number of halogens is 2. The zero-order valence-corrected chi connectivity index (χ0v) is 12.4. The Hall–Kier alpha value is -1.71. The minimum atomic E-state index is -0.244. The molecule has 20 heavy (non-hydrogen) atoms. The summed E-state index contributed by atoms with van der Waals surface area (Å²) in [6, 6.07) is 12.6. The molecule has 2 rings (SSSR count). The van der Waals surface area contributed by atoms with Crippen LogP contribution in [0.25, 0.3) is 0 Å². The Morgan fingerprint density at radius 1 is 1.20 bits per heavy atom. The second-order valence-electron chi connectivity index (χ2n) is 4.47. The maximum atomic E-state index is 12.2. The first-order chi connectivity index (χ1) is 9.49. The van der Waals surface area contributed by atoms with Crippen LogP contribution >= 0.6 is 23.2 Å². The van der Waals surface area contributed by atoms with E-state index in [0.717, 1.165) is 5.56 Å². The molecule has 0 radical (unpaired) electrons. The number of carbonyl (C=O) groups excluding carboxylic acids is 1. The van der Waals surface area contributed by atoms with Crippen molar-refractivity contribution in [1.82, 2.24) is 5.32 Å². The molecule has 0 aliphatic heterocycles. The van der Waals surface area contributed by atoms with Crippen molar-refractivity contribution in [2.24, 2.45) is 0 Å². The number of carbonyl (C=O) groups is 1. The van der Waals surface area contributed by atoms with E-state index in [0.29, 0.717) is 5.56 Å². The number of nitrogens with two attached hydrogens (primary N) is 1. The van der Waals surface area contributed by atoms with Gasteiger partial charge in [0.25, 0.3) is 5.91 Å². The third-order valence-electron chi connectivity index (χ3n) is 2.97. The average Bonchev–Trinajstić information content (AvgIpc) is 2.45. The lowest BCUT2D eigenvalue weighted by atomic mass is 10.1. The van der Waals surface area contributed by atoms with Crippen LogP contribution in [-0.2, 0) is 0 Å². The summed E-state index contributed by atoms with van der Waals surface area (Å²) >= 11 is 11.8. The van der Waals surface area contributed by atoms with Gasteiger partial charge in [0.2, 0.25) is 0 Å². The Morgan fingerprint density at radius 2 is 1.85 bits per heavy atom. The molecule has 1 amide bonds. The van der Waals surface area contributed by atoms with Crippen molar-refractivity contribution < 1.29 is 4.79 Å². The van der Waals surface area contributed by atoms with Gasteiger partial charge < -0.3 is 11.1 Å². The first kappa shape index (κ1) is 14.7. The Labute approximate surface area is 127 Å². The highest BCUT2D eigenvalue weighted by Crippen LogP contribution is 2.29. The fourth-order valence-electron chi connectivity index (χ4n) is 1.85. The first-order valence-electron chi connectivity index (χ1n) is 6.09. The molecule has 0 saturated heterocycles. The van der Waals surface area contributed by atoms with Crippen molar-refractivity contribution in [2.75, 3.05) is 5.73 Å². The molecule has 2 aromatic rings. The maximum absolute atomic E-state index is 12.2. The summed E-state index contributed by atoms with van der Waals surface area (Å²) in [5.74, 6) is -0.244. The standard InChI is InChI=1S/C15H14Cl2N2O/c1-9(10-5-3-2-4-6-10)19-15(20)11-7-12(16)14(17)13(18)8-11/h2-9H,18H2,1H3,(H,19,20)/t9-/m0/s1. The maximum Gasteiger partial charge on any atom is 0.251 e. The van der Waals surface area contributed by atoms with Crippen molar-refractivity contribution in [3.8, 4) is 0 Å².